The third-order valence-electron chi connectivity index (χ3n) is 2.30. The Balaban J connectivity index is 2.47. The highest BCUT2D eigenvalue weighted by molar-refractivity contribution is 5.74. The van der Waals surface area contributed by atoms with Crippen molar-refractivity contribution in [2.24, 2.45) is 0 Å². The normalized spacial score (nSPS) is 12.1. The average Bonchev–Trinajstić information content (AvgIpc) is 2.36. The van der Waals surface area contributed by atoms with E-state index in [0.29, 0.717) is 19.6 Å². The molecule has 1 unspecified atom stereocenters. The van der Waals surface area contributed by atoms with E-state index in [0.717, 1.165) is 12.0 Å². The molecule has 0 aromatic carbocycles. The highest BCUT2D eigenvalue weighted by Gasteiger charge is 2.19. The van der Waals surface area contributed by atoms with Crippen LogP contribution in [0.5, 0.6) is 0 Å². The highest BCUT2D eigenvalue weighted by atomic mass is 16.6. The molecule has 4 nitrogen and oxygen atoms in total. The maximum Gasteiger partial charge on any atom is 0.335 e. The minimum absolute atomic E-state index is 0.275. The number of aromatic nitrogens is 1. The summed E-state index contributed by atoms with van der Waals surface area (Å²) in [6.07, 6.45) is 4.52. The van der Waals surface area contributed by atoms with Gasteiger partial charge in [-0.15, -0.1) is 0 Å². The predicted molar refractivity (Wildman–Crippen MR) is 64.4 cm³/mol. The van der Waals surface area contributed by atoms with Crippen molar-refractivity contribution in [1.82, 2.24) is 4.98 Å². The van der Waals surface area contributed by atoms with E-state index in [-0.39, 0.29) is 5.97 Å². The van der Waals surface area contributed by atoms with Crippen LogP contribution in [0.15, 0.2) is 24.5 Å². The SMILES string of the molecule is CCCC(OCc1ccncc1)C(=O)OCC. The molecule has 1 rings (SSSR count). The summed E-state index contributed by atoms with van der Waals surface area (Å²) in [5, 5.41) is 0. The fourth-order valence-electron chi connectivity index (χ4n) is 1.44. The van der Waals surface area contributed by atoms with E-state index >= 15 is 0 Å². The molecule has 0 saturated carbocycles. The predicted octanol–water partition coefficient (Wildman–Crippen LogP) is 2.33. The Morgan fingerprint density at radius 3 is 2.65 bits per heavy atom. The molecule has 0 bridgehead atoms. The maximum atomic E-state index is 11.6. The molecule has 17 heavy (non-hydrogen) atoms. The van der Waals surface area contributed by atoms with Gasteiger partial charge >= 0.3 is 5.97 Å². The molecule has 0 aliphatic carbocycles. The van der Waals surface area contributed by atoms with E-state index in [1.54, 1.807) is 19.3 Å². The summed E-state index contributed by atoms with van der Waals surface area (Å²) in [7, 11) is 0. The molecule has 0 radical (unpaired) electrons. The van der Waals surface area contributed by atoms with Gasteiger partial charge < -0.3 is 9.47 Å². The van der Waals surface area contributed by atoms with Gasteiger partial charge in [-0.2, -0.15) is 0 Å². The quantitative estimate of drug-likeness (QED) is 0.683. The largest absolute Gasteiger partial charge is 0.464 e. The van der Waals surface area contributed by atoms with Gasteiger partial charge in [0, 0.05) is 12.4 Å². The molecule has 94 valence electrons. The van der Waals surface area contributed by atoms with Gasteiger partial charge in [0.1, 0.15) is 0 Å². The molecule has 0 amide bonds. The minimum Gasteiger partial charge on any atom is -0.464 e. The smallest absolute Gasteiger partial charge is 0.335 e. The second-order valence-electron chi connectivity index (χ2n) is 3.70. The fraction of sp³-hybridized carbons (Fsp3) is 0.538. The Hall–Kier alpha value is -1.42. The van der Waals surface area contributed by atoms with Crippen LogP contribution in [0.25, 0.3) is 0 Å². The second kappa shape index (κ2) is 7.79. The van der Waals surface area contributed by atoms with Crippen molar-refractivity contribution in [3.63, 3.8) is 0 Å². The molecule has 1 aromatic heterocycles. The lowest BCUT2D eigenvalue weighted by molar-refractivity contribution is -0.158. The Morgan fingerprint density at radius 2 is 2.06 bits per heavy atom. The molecule has 0 N–H and O–H groups in total. The molecule has 1 aromatic rings. The number of pyridine rings is 1. The van der Waals surface area contributed by atoms with E-state index in [2.05, 4.69) is 4.98 Å². The van der Waals surface area contributed by atoms with E-state index in [4.69, 9.17) is 9.47 Å². The molecule has 0 aliphatic heterocycles. The van der Waals surface area contributed by atoms with Gasteiger partial charge in [-0.05, 0) is 31.0 Å². The van der Waals surface area contributed by atoms with Crippen molar-refractivity contribution >= 4 is 5.97 Å². The van der Waals surface area contributed by atoms with Crippen LogP contribution in [0.3, 0.4) is 0 Å². The van der Waals surface area contributed by atoms with E-state index in [1.165, 1.54) is 0 Å². The number of carbonyl (C=O) groups is 1. The van der Waals surface area contributed by atoms with E-state index in [1.807, 2.05) is 19.1 Å². The van der Waals surface area contributed by atoms with Gasteiger partial charge in [-0.1, -0.05) is 13.3 Å². The summed E-state index contributed by atoms with van der Waals surface area (Å²) in [5.41, 5.74) is 1.01. The molecule has 0 aliphatic rings. The number of hydrogen-bond donors (Lipinski definition) is 0. The topological polar surface area (TPSA) is 48.4 Å². The van der Waals surface area contributed by atoms with Gasteiger partial charge in [0.25, 0.3) is 0 Å². The van der Waals surface area contributed by atoms with Crippen LogP contribution in [0.2, 0.25) is 0 Å². The first-order valence-electron chi connectivity index (χ1n) is 5.95. The Morgan fingerprint density at radius 1 is 1.35 bits per heavy atom. The first-order valence-corrected chi connectivity index (χ1v) is 5.95. The molecule has 0 spiro atoms. The maximum absolute atomic E-state index is 11.6. The van der Waals surface area contributed by atoms with Crippen molar-refractivity contribution in [3.8, 4) is 0 Å². The number of carbonyl (C=O) groups excluding carboxylic acids is 1. The van der Waals surface area contributed by atoms with E-state index in [9.17, 15) is 4.79 Å². The number of hydrogen-bond acceptors (Lipinski definition) is 4. The molecule has 0 fully saturated rings. The first kappa shape index (κ1) is 13.6. The summed E-state index contributed by atoms with van der Waals surface area (Å²) in [6, 6.07) is 3.74. The van der Waals surface area contributed by atoms with Crippen LogP contribution in [0.4, 0.5) is 0 Å². The highest BCUT2D eigenvalue weighted by Crippen LogP contribution is 2.09. The first-order chi connectivity index (χ1) is 8.27. The Kier molecular flexibility index (Phi) is 6.25. The Labute approximate surface area is 102 Å². The zero-order valence-corrected chi connectivity index (χ0v) is 10.4. The summed E-state index contributed by atoms with van der Waals surface area (Å²) in [5.74, 6) is -0.275. The van der Waals surface area contributed by atoms with Crippen LogP contribution in [0.1, 0.15) is 32.3 Å². The number of nitrogens with zero attached hydrogens (tertiary/aromatic N) is 1. The van der Waals surface area contributed by atoms with E-state index < -0.39 is 6.10 Å². The standard InChI is InChI=1S/C13H19NO3/c1-3-5-12(13(15)16-4-2)17-10-11-6-8-14-9-7-11/h6-9,12H,3-5,10H2,1-2H3. The van der Waals surface area contributed by atoms with Gasteiger partial charge in [0.2, 0.25) is 0 Å². The van der Waals surface area contributed by atoms with Gasteiger partial charge in [0.05, 0.1) is 13.2 Å². The second-order valence-corrected chi connectivity index (χ2v) is 3.70. The monoisotopic (exact) mass is 237 g/mol. The molecular formula is C13H19NO3. The van der Waals surface area contributed by atoms with Crippen LogP contribution < -0.4 is 0 Å². The molecular weight excluding hydrogens is 218 g/mol. The Bertz CT molecular complexity index is 327. The van der Waals surface area contributed by atoms with Crippen molar-refractivity contribution in [3.05, 3.63) is 30.1 Å². The molecule has 4 heteroatoms. The lowest BCUT2D eigenvalue weighted by Gasteiger charge is -2.15. The van der Waals surface area contributed by atoms with Crippen molar-refractivity contribution in [2.45, 2.75) is 39.4 Å². The van der Waals surface area contributed by atoms with Gasteiger partial charge in [-0.3, -0.25) is 4.98 Å². The third-order valence-corrected chi connectivity index (χ3v) is 2.30. The number of esters is 1. The summed E-state index contributed by atoms with van der Waals surface area (Å²) >= 11 is 0. The average molecular weight is 237 g/mol. The molecule has 1 heterocycles. The minimum atomic E-state index is -0.465. The summed E-state index contributed by atoms with van der Waals surface area (Å²) in [6.45, 7) is 4.61. The van der Waals surface area contributed by atoms with Crippen LogP contribution in [-0.4, -0.2) is 23.7 Å². The van der Waals surface area contributed by atoms with Gasteiger partial charge in [-0.25, -0.2) is 4.79 Å². The lowest BCUT2D eigenvalue weighted by atomic mass is 10.2. The third kappa shape index (κ3) is 4.95. The van der Waals surface area contributed by atoms with Crippen molar-refractivity contribution < 1.29 is 14.3 Å². The van der Waals surface area contributed by atoms with Crippen LogP contribution in [-0.2, 0) is 20.9 Å². The zero-order chi connectivity index (χ0) is 12.5. The summed E-state index contributed by atoms with van der Waals surface area (Å²) < 4.78 is 10.5. The van der Waals surface area contributed by atoms with Crippen LogP contribution >= 0.6 is 0 Å². The lowest BCUT2D eigenvalue weighted by Crippen LogP contribution is -2.26. The molecule has 1 atom stereocenters. The zero-order valence-electron chi connectivity index (χ0n) is 10.4. The van der Waals surface area contributed by atoms with Crippen molar-refractivity contribution in [1.29, 1.82) is 0 Å². The van der Waals surface area contributed by atoms with Crippen molar-refractivity contribution in [2.75, 3.05) is 6.61 Å². The van der Waals surface area contributed by atoms with Gasteiger partial charge in [0.15, 0.2) is 6.10 Å². The number of rotatable bonds is 7. The summed E-state index contributed by atoms with van der Waals surface area (Å²) in [4.78, 5) is 15.5. The number of ether oxygens (including phenoxy) is 2. The fourth-order valence-corrected chi connectivity index (χ4v) is 1.44. The van der Waals surface area contributed by atoms with Crippen LogP contribution in [0, 0.1) is 0 Å². The molecule has 0 saturated heterocycles.